The molecule has 100 heavy (non-hydrogen) atoms. The molecule has 0 aliphatic carbocycles. The van der Waals surface area contributed by atoms with Gasteiger partial charge >= 0.3 is 0 Å². The molecule has 6 nitrogen and oxygen atoms in total. The highest BCUT2D eigenvalue weighted by Crippen LogP contribution is 2.42. The normalized spacial score (nSPS) is 11.3. The van der Waals surface area contributed by atoms with Crippen molar-refractivity contribution in [1.29, 1.82) is 0 Å². The molecule has 0 fully saturated rings. The minimum absolute atomic E-state index is 0.284. The lowest BCUT2D eigenvalue weighted by atomic mass is 9.88. The maximum absolute atomic E-state index is 4.99. The van der Waals surface area contributed by atoms with Crippen molar-refractivity contribution >= 4 is 0 Å². The minimum atomic E-state index is 0.284. The molecule has 0 aliphatic rings. The maximum Gasteiger partial charge on any atom is 0.144 e. The molecule has 0 radical (unpaired) electrons. The van der Waals surface area contributed by atoms with E-state index >= 15 is 0 Å². The molecule has 0 atom stereocenters. The predicted octanol–water partition coefficient (Wildman–Crippen LogP) is 23.5. The van der Waals surface area contributed by atoms with E-state index in [1.54, 1.807) is 0 Å². The smallest absolute Gasteiger partial charge is 0.144 e. The zero-order valence-electron chi connectivity index (χ0n) is 59.8. The Morgan fingerprint density at radius 3 is 0.740 bits per heavy atom. The highest BCUT2D eigenvalue weighted by molar-refractivity contribution is 5.76. The van der Waals surface area contributed by atoms with Crippen molar-refractivity contribution in [3.8, 4) is 120 Å². The van der Waals surface area contributed by atoms with E-state index in [-0.39, 0.29) is 35.5 Å². The van der Waals surface area contributed by atoms with Crippen molar-refractivity contribution in [3.05, 3.63) is 322 Å². The summed E-state index contributed by atoms with van der Waals surface area (Å²) in [4.78, 5) is 15.0. The van der Waals surface area contributed by atoms with Gasteiger partial charge in [-0.15, -0.1) is 0 Å². The second-order valence-corrected chi connectivity index (χ2v) is 28.1. The van der Waals surface area contributed by atoms with Crippen molar-refractivity contribution in [1.82, 2.24) is 28.7 Å². The number of nitrogens with zero attached hydrogens (tertiary/aromatic N) is 6. The van der Waals surface area contributed by atoms with Crippen molar-refractivity contribution in [2.45, 2.75) is 126 Å². The topological polar surface area (TPSA) is 53.5 Å². The quantitative estimate of drug-likeness (QED) is 0.0961. The summed E-state index contributed by atoms with van der Waals surface area (Å²) in [5.74, 6) is 25.6. The monoisotopic (exact) mass is 1300 g/mol. The number of hydrogen-bond donors (Lipinski definition) is 0. The highest BCUT2D eigenvalue weighted by atomic mass is 15.1. The van der Waals surface area contributed by atoms with Crippen LogP contribution in [0.15, 0.2) is 250 Å². The zero-order valence-corrected chi connectivity index (χ0v) is 59.8. The third kappa shape index (κ3) is 14.1. The van der Waals surface area contributed by atoms with E-state index in [4.69, 9.17) is 15.0 Å². The molecule has 3 heterocycles. The van der Waals surface area contributed by atoms with E-state index in [2.05, 4.69) is 370 Å². The van der Waals surface area contributed by atoms with Crippen LogP contribution in [-0.2, 0) is 0 Å². The fraction of sp³-hybridized carbons (Fsp3) is 0.202. The van der Waals surface area contributed by atoms with Crippen molar-refractivity contribution in [2.75, 3.05) is 0 Å². The predicted molar refractivity (Wildman–Crippen MR) is 417 cm³/mol. The van der Waals surface area contributed by atoms with Gasteiger partial charge in [0.1, 0.15) is 17.5 Å². The van der Waals surface area contributed by atoms with E-state index in [1.165, 1.54) is 83.8 Å². The average Bonchev–Trinajstić information content (AvgIpc) is 1.31. The summed E-state index contributed by atoms with van der Waals surface area (Å²) in [5.41, 5.74) is 27.9. The van der Waals surface area contributed by atoms with Crippen LogP contribution < -0.4 is 0 Å². The van der Waals surface area contributed by atoms with Crippen LogP contribution in [0.3, 0.4) is 0 Å². The van der Waals surface area contributed by atoms with Gasteiger partial charge in [0.25, 0.3) is 0 Å². The Morgan fingerprint density at radius 2 is 0.490 bits per heavy atom. The number of benzene rings is 10. The largest absolute Gasteiger partial charge is 0.299 e. The van der Waals surface area contributed by atoms with Crippen LogP contribution >= 0.6 is 0 Å². The van der Waals surface area contributed by atoms with Crippen LogP contribution in [0.5, 0.6) is 0 Å². The molecule has 3 aromatic heterocycles. The van der Waals surface area contributed by atoms with Crippen LogP contribution in [0.25, 0.3) is 84.6 Å². The minimum Gasteiger partial charge on any atom is -0.299 e. The molecule has 0 saturated carbocycles. The first-order chi connectivity index (χ1) is 48.5. The Bertz CT molecular complexity index is 4970. The van der Waals surface area contributed by atoms with Gasteiger partial charge in [-0.3, -0.25) is 13.7 Å². The van der Waals surface area contributed by atoms with Crippen LogP contribution in [0.4, 0.5) is 0 Å². The third-order valence-corrected chi connectivity index (χ3v) is 19.1. The molecule has 492 valence electrons. The second-order valence-electron chi connectivity index (χ2n) is 28.1. The maximum atomic E-state index is 4.99. The number of aromatic nitrogens is 6. The van der Waals surface area contributed by atoms with Crippen LogP contribution in [0, 0.1) is 42.4 Å². The summed E-state index contributed by atoms with van der Waals surface area (Å²) in [6.07, 6.45) is 12.0. The van der Waals surface area contributed by atoms with Crippen LogP contribution in [-0.4, -0.2) is 28.7 Å². The van der Waals surface area contributed by atoms with Crippen molar-refractivity contribution in [2.24, 2.45) is 0 Å². The molecule has 13 aromatic rings. The number of rotatable bonds is 15. The number of imidazole rings is 3. The molecular formula is C94H86N6. The first kappa shape index (κ1) is 67.1. The van der Waals surface area contributed by atoms with Gasteiger partial charge < -0.3 is 0 Å². The molecule has 0 N–H and O–H groups in total. The fourth-order valence-corrected chi connectivity index (χ4v) is 13.6. The summed E-state index contributed by atoms with van der Waals surface area (Å²) >= 11 is 0. The van der Waals surface area contributed by atoms with Gasteiger partial charge in [0.2, 0.25) is 0 Å². The zero-order chi connectivity index (χ0) is 69.7. The lowest BCUT2D eigenvalue weighted by Crippen LogP contribution is -2.08. The summed E-state index contributed by atoms with van der Waals surface area (Å²) in [7, 11) is 0. The molecule has 0 spiro atoms. The van der Waals surface area contributed by atoms with Gasteiger partial charge in [-0.25, -0.2) is 15.0 Å². The first-order valence-corrected chi connectivity index (χ1v) is 35.3. The van der Waals surface area contributed by atoms with Crippen LogP contribution in [0.2, 0.25) is 0 Å². The van der Waals surface area contributed by atoms with Gasteiger partial charge in [-0.05, 0) is 200 Å². The van der Waals surface area contributed by atoms with Gasteiger partial charge in [0, 0.05) is 87.3 Å². The van der Waals surface area contributed by atoms with Gasteiger partial charge in [0.15, 0.2) is 0 Å². The Labute approximate surface area is 592 Å². The molecule has 0 saturated heterocycles. The molecule has 10 aromatic carbocycles. The van der Waals surface area contributed by atoms with Gasteiger partial charge in [-0.2, -0.15) is 0 Å². The third-order valence-electron chi connectivity index (χ3n) is 19.1. The summed E-state index contributed by atoms with van der Waals surface area (Å²) in [5, 5.41) is 0. The average molecular weight is 1300 g/mol. The molecule has 0 unspecified atom stereocenters. The van der Waals surface area contributed by atoms with Gasteiger partial charge in [-0.1, -0.05) is 246 Å². The second kappa shape index (κ2) is 29.3. The summed E-state index contributed by atoms with van der Waals surface area (Å²) in [6, 6.07) is 75.8. The van der Waals surface area contributed by atoms with Gasteiger partial charge in [0.05, 0.1) is 17.1 Å². The van der Waals surface area contributed by atoms with Crippen molar-refractivity contribution < 1.29 is 0 Å². The molecular weight excluding hydrogens is 1210 g/mol. The Hall–Kier alpha value is -11.5. The van der Waals surface area contributed by atoms with E-state index in [0.29, 0.717) is 0 Å². The molecule has 0 bridgehead atoms. The van der Waals surface area contributed by atoms with E-state index in [0.717, 1.165) is 73.1 Å². The Morgan fingerprint density at radius 1 is 0.250 bits per heavy atom. The molecule has 0 amide bonds. The van der Waals surface area contributed by atoms with Crippen LogP contribution in [0.1, 0.15) is 191 Å². The van der Waals surface area contributed by atoms with E-state index < -0.39 is 0 Å². The number of hydrogen-bond acceptors (Lipinski definition) is 3. The summed E-state index contributed by atoms with van der Waals surface area (Å²) in [6.45, 7) is 29.5. The highest BCUT2D eigenvalue weighted by Gasteiger charge is 2.25. The lowest BCUT2D eigenvalue weighted by molar-refractivity contribution is 0.807. The van der Waals surface area contributed by atoms with Crippen molar-refractivity contribution in [3.63, 3.8) is 0 Å². The molecule has 0 aliphatic heterocycles. The Kier molecular flexibility index (Phi) is 19.7. The molecule has 6 heteroatoms. The standard InChI is InChI=1S/C94H86N6/c1-61(2)83-55-80(72-23-17-14-18-24-72)56-84(62(3)4)89(83)98-50-47-95-92(98)75-39-31-68(32-40-75)29-30-71-53-78(45-37-69-33-41-76(42-34-69)93-96-48-51-99(93)90-85(63(5)6)57-81(58-86(90)64(7)8)73-25-19-15-20-26-73)67(13)79(54-71)46-38-70-35-43-77(44-36-70)94-97-49-52-100(94)91-87(65(9)10)59-82(60-88(91)66(11)12)74-27-21-16-22-28-74/h14-28,31-36,39-44,47-66H,1-13H3. The Balaban J connectivity index is 0.835. The first-order valence-electron chi connectivity index (χ1n) is 35.3. The fourth-order valence-electron chi connectivity index (χ4n) is 13.6. The summed E-state index contributed by atoms with van der Waals surface area (Å²) < 4.78 is 6.84. The van der Waals surface area contributed by atoms with E-state index in [9.17, 15) is 0 Å². The lowest BCUT2D eigenvalue weighted by Gasteiger charge is -2.23. The SMILES string of the molecule is Cc1c(C#Cc2ccc(-c3nccn3-c3c(C(C)C)cc(-c4ccccc4)cc3C(C)C)cc2)cc(C#Cc2ccc(-c3nccn3-c3c(C(C)C)cc(-c4ccccc4)cc3C(C)C)cc2)cc1C#Cc1ccc(-c2nccn2-c2c(C(C)C)cc(-c3ccccc3)cc2C(C)C)cc1. The molecule has 13 rings (SSSR count). The van der Waals surface area contributed by atoms with E-state index in [1.807, 2.05) is 18.6 Å².